The molecule has 0 unspecified atom stereocenters. The number of ether oxygens (including phenoxy) is 2. The molecule has 0 radical (unpaired) electrons. The van der Waals surface area contributed by atoms with E-state index in [2.05, 4.69) is 36.4 Å². The fourth-order valence-electron chi connectivity index (χ4n) is 1.92. The summed E-state index contributed by atoms with van der Waals surface area (Å²) in [5.41, 5.74) is 0.963. The molecule has 0 aliphatic heterocycles. The number of hydrogen-bond donors (Lipinski definition) is 3. The van der Waals surface area contributed by atoms with Gasteiger partial charge in [0, 0.05) is 12.1 Å². The molecular weight excluding hydrogens is 294 g/mol. The fraction of sp³-hybridized carbons (Fsp3) is 0.588. The van der Waals surface area contributed by atoms with Gasteiger partial charge in [0.25, 0.3) is 0 Å². The van der Waals surface area contributed by atoms with Gasteiger partial charge in [-0.3, -0.25) is 0 Å². The van der Waals surface area contributed by atoms with Crippen LogP contribution >= 0.6 is 0 Å². The first-order chi connectivity index (χ1) is 10.9. The molecule has 0 atom stereocenters. The Labute approximate surface area is 138 Å². The molecule has 1 aromatic carbocycles. The summed E-state index contributed by atoms with van der Waals surface area (Å²) in [5, 5.41) is 15.4. The van der Waals surface area contributed by atoms with E-state index in [9.17, 15) is 0 Å². The number of aliphatic hydroxyl groups is 1. The maximum absolute atomic E-state index is 8.84. The van der Waals surface area contributed by atoms with Crippen molar-refractivity contribution >= 4 is 5.96 Å². The zero-order chi connectivity index (χ0) is 17.3. The van der Waals surface area contributed by atoms with Crippen LogP contribution in [-0.4, -0.2) is 43.5 Å². The van der Waals surface area contributed by atoms with Crippen LogP contribution in [0.1, 0.15) is 33.3 Å². The lowest BCUT2D eigenvalue weighted by molar-refractivity contribution is 0.196. The number of nitrogens with zero attached hydrogens (tertiary/aromatic N) is 1. The zero-order valence-electron chi connectivity index (χ0n) is 14.8. The molecule has 1 rings (SSSR count). The predicted octanol–water partition coefficient (Wildman–Crippen LogP) is 1.92. The van der Waals surface area contributed by atoms with Crippen LogP contribution in [0, 0.1) is 0 Å². The third-order valence-corrected chi connectivity index (χ3v) is 2.83. The summed E-state index contributed by atoms with van der Waals surface area (Å²) < 4.78 is 10.8. The van der Waals surface area contributed by atoms with E-state index in [1.807, 2.05) is 25.1 Å². The van der Waals surface area contributed by atoms with E-state index in [0.717, 1.165) is 18.1 Å². The van der Waals surface area contributed by atoms with Crippen molar-refractivity contribution in [2.24, 2.45) is 4.99 Å². The maximum atomic E-state index is 8.84. The largest absolute Gasteiger partial charge is 0.493 e. The Morgan fingerprint density at radius 2 is 2.00 bits per heavy atom. The summed E-state index contributed by atoms with van der Waals surface area (Å²) >= 11 is 0. The predicted molar refractivity (Wildman–Crippen MR) is 93.3 cm³/mol. The summed E-state index contributed by atoms with van der Waals surface area (Å²) in [5.74, 6) is 2.04. The van der Waals surface area contributed by atoms with Crippen LogP contribution in [0.15, 0.2) is 23.2 Å². The van der Waals surface area contributed by atoms with E-state index in [-0.39, 0.29) is 18.8 Å². The van der Waals surface area contributed by atoms with E-state index in [1.165, 1.54) is 0 Å². The van der Waals surface area contributed by atoms with Gasteiger partial charge in [-0.05, 0) is 45.4 Å². The number of aliphatic imine (C=N–C) groups is 1. The third-order valence-electron chi connectivity index (χ3n) is 2.83. The van der Waals surface area contributed by atoms with Gasteiger partial charge >= 0.3 is 0 Å². The van der Waals surface area contributed by atoms with E-state index in [4.69, 9.17) is 14.6 Å². The molecular formula is C17H29N3O3. The van der Waals surface area contributed by atoms with Crippen LogP contribution in [0.5, 0.6) is 11.5 Å². The molecule has 0 heterocycles. The van der Waals surface area contributed by atoms with Gasteiger partial charge in [-0.1, -0.05) is 6.07 Å². The highest BCUT2D eigenvalue weighted by molar-refractivity contribution is 5.80. The van der Waals surface area contributed by atoms with Gasteiger partial charge in [-0.25, -0.2) is 4.99 Å². The highest BCUT2D eigenvalue weighted by atomic mass is 16.5. The number of methoxy groups -OCH3 is 1. The van der Waals surface area contributed by atoms with Crippen molar-refractivity contribution in [1.82, 2.24) is 10.6 Å². The van der Waals surface area contributed by atoms with Crippen LogP contribution in [0.25, 0.3) is 0 Å². The lowest BCUT2D eigenvalue weighted by atomic mass is 10.1. The number of nitrogens with one attached hydrogen (secondary N) is 2. The van der Waals surface area contributed by atoms with Crippen molar-refractivity contribution in [2.75, 3.05) is 26.9 Å². The number of rotatable bonds is 7. The minimum absolute atomic E-state index is 0.0281. The van der Waals surface area contributed by atoms with Crippen molar-refractivity contribution in [3.05, 3.63) is 23.8 Å². The summed E-state index contributed by atoms with van der Waals surface area (Å²) in [6, 6.07) is 5.68. The van der Waals surface area contributed by atoms with E-state index in [0.29, 0.717) is 18.0 Å². The quantitative estimate of drug-likeness (QED) is 0.528. The van der Waals surface area contributed by atoms with Gasteiger partial charge in [0.1, 0.15) is 6.61 Å². The van der Waals surface area contributed by atoms with Gasteiger partial charge in [0.2, 0.25) is 0 Å². The Morgan fingerprint density at radius 1 is 1.26 bits per heavy atom. The molecule has 0 saturated carbocycles. The monoisotopic (exact) mass is 323 g/mol. The van der Waals surface area contributed by atoms with Gasteiger partial charge in [-0.15, -0.1) is 0 Å². The van der Waals surface area contributed by atoms with Crippen LogP contribution in [-0.2, 0) is 6.54 Å². The second-order valence-corrected chi connectivity index (χ2v) is 6.13. The Hall–Kier alpha value is -1.95. The number of benzene rings is 1. The molecule has 3 N–H and O–H groups in total. The molecule has 0 spiro atoms. The van der Waals surface area contributed by atoms with Crippen LogP contribution in [0.2, 0.25) is 0 Å². The average molecular weight is 323 g/mol. The number of guanidine groups is 1. The smallest absolute Gasteiger partial charge is 0.191 e. The Balaban J connectivity index is 2.83. The molecule has 0 fully saturated rings. The van der Waals surface area contributed by atoms with Crippen molar-refractivity contribution in [2.45, 2.75) is 39.8 Å². The number of hydrogen-bond acceptors (Lipinski definition) is 4. The lowest BCUT2D eigenvalue weighted by Crippen LogP contribution is -2.47. The maximum Gasteiger partial charge on any atom is 0.191 e. The molecule has 23 heavy (non-hydrogen) atoms. The second kappa shape index (κ2) is 9.25. The first kappa shape index (κ1) is 19.1. The topological polar surface area (TPSA) is 75.1 Å². The molecule has 0 aliphatic rings. The molecule has 1 aromatic rings. The molecule has 0 bridgehead atoms. The summed E-state index contributed by atoms with van der Waals surface area (Å²) in [4.78, 5) is 4.59. The molecule has 0 saturated heterocycles. The summed E-state index contributed by atoms with van der Waals surface area (Å²) in [6.07, 6.45) is 0. The van der Waals surface area contributed by atoms with Crippen LogP contribution in [0.4, 0.5) is 0 Å². The minimum Gasteiger partial charge on any atom is -0.493 e. The number of aliphatic hydroxyl groups excluding tert-OH is 1. The standard InChI is InChI=1S/C17H29N3O3/c1-6-18-16(20-17(2,3)4)19-12-13-7-8-14(23-10-9-21)15(11-13)22-5/h7-8,11,21H,6,9-10,12H2,1-5H3,(H2,18,19,20). The lowest BCUT2D eigenvalue weighted by Gasteiger charge is -2.23. The van der Waals surface area contributed by atoms with Gasteiger partial charge in [0.15, 0.2) is 17.5 Å². The van der Waals surface area contributed by atoms with Crippen LogP contribution < -0.4 is 20.1 Å². The fourth-order valence-corrected chi connectivity index (χ4v) is 1.92. The minimum atomic E-state index is -0.0549. The summed E-state index contributed by atoms with van der Waals surface area (Å²) in [6.45, 7) is 9.87. The molecule has 0 amide bonds. The molecule has 6 heteroatoms. The first-order valence-corrected chi connectivity index (χ1v) is 7.86. The van der Waals surface area contributed by atoms with Crippen molar-refractivity contribution < 1.29 is 14.6 Å². The molecule has 130 valence electrons. The first-order valence-electron chi connectivity index (χ1n) is 7.86. The normalized spacial score (nSPS) is 12.0. The van der Waals surface area contributed by atoms with Crippen LogP contribution in [0.3, 0.4) is 0 Å². The van der Waals surface area contributed by atoms with Crippen molar-refractivity contribution in [1.29, 1.82) is 0 Å². The van der Waals surface area contributed by atoms with E-state index < -0.39 is 0 Å². The zero-order valence-corrected chi connectivity index (χ0v) is 14.8. The van der Waals surface area contributed by atoms with Gasteiger partial charge < -0.3 is 25.2 Å². The SMILES string of the molecule is CCNC(=NCc1ccc(OCCO)c(OC)c1)NC(C)(C)C. The molecule has 6 nitrogen and oxygen atoms in total. The van der Waals surface area contributed by atoms with Crippen molar-refractivity contribution in [3.8, 4) is 11.5 Å². The van der Waals surface area contributed by atoms with Gasteiger partial charge in [-0.2, -0.15) is 0 Å². The van der Waals surface area contributed by atoms with Crippen molar-refractivity contribution in [3.63, 3.8) is 0 Å². The Bertz CT molecular complexity index is 510. The molecule has 0 aromatic heterocycles. The molecule has 0 aliphatic carbocycles. The third kappa shape index (κ3) is 7.23. The highest BCUT2D eigenvalue weighted by Crippen LogP contribution is 2.28. The second-order valence-electron chi connectivity index (χ2n) is 6.13. The van der Waals surface area contributed by atoms with E-state index >= 15 is 0 Å². The Kier molecular flexibility index (Phi) is 7.68. The van der Waals surface area contributed by atoms with E-state index in [1.54, 1.807) is 7.11 Å². The summed E-state index contributed by atoms with van der Waals surface area (Å²) in [7, 11) is 1.60. The average Bonchev–Trinajstić information content (AvgIpc) is 2.49. The highest BCUT2D eigenvalue weighted by Gasteiger charge is 2.12. The van der Waals surface area contributed by atoms with Gasteiger partial charge in [0.05, 0.1) is 20.3 Å². The Morgan fingerprint density at radius 3 is 2.57 bits per heavy atom.